The maximum Gasteiger partial charge on any atom is 0.159 e. The fourth-order valence-electron chi connectivity index (χ4n) is 0.820. The van der Waals surface area contributed by atoms with Crippen LogP contribution >= 0.6 is 23.2 Å². The zero-order valence-electron chi connectivity index (χ0n) is 6.98. The van der Waals surface area contributed by atoms with E-state index in [2.05, 4.69) is 4.99 Å². The lowest BCUT2D eigenvalue weighted by Crippen LogP contribution is -2.02. The van der Waals surface area contributed by atoms with E-state index >= 15 is 0 Å². The largest absolute Gasteiger partial charge is 0.306 e. The highest BCUT2D eigenvalue weighted by atomic mass is 35.5. The highest BCUT2D eigenvalue weighted by Gasteiger charge is 2.00. The van der Waals surface area contributed by atoms with Crippen molar-refractivity contribution in [2.45, 2.75) is 0 Å². The van der Waals surface area contributed by atoms with Crippen LogP contribution < -0.4 is 0 Å². The first-order valence-electron chi connectivity index (χ1n) is 3.64. The fraction of sp³-hybridized carbons (Fsp3) is 0.125. The van der Waals surface area contributed by atoms with Crippen molar-refractivity contribution in [2.75, 3.05) is 5.75 Å². The SMILES string of the molecule is O=S(O)CC(Cl)=Nc1cccc(Cl)c1. The molecule has 1 rings (SSSR count). The molecule has 1 atom stereocenters. The number of nitrogens with zero attached hydrogens (tertiary/aromatic N) is 1. The van der Waals surface area contributed by atoms with Gasteiger partial charge >= 0.3 is 0 Å². The highest BCUT2D eigenvalue weighted by Crippen LogP contribution is 2.18. The summed E-state index contributed by atoms with van der Waals surface area (Å²) in [6.45, 7) is 0. The van der Waals surface area contributed by atoms with Crippen molar-refractivity contribution in [1.82, 2.24) is 0 Å². The van der Waals surface area contributed by atoms with Gasteiger partial charge in [-0.15, -0.1) is 0 Å². The first-order chi connectivity index (χ1) is 6.58. The molecule has 1 N–H and O–H groups in total. The van der Waals surface area contributed by atoms with E-state index in [1.165, 1.54) is 0 Å². The van der Waals surface area contributed by atoms with Crippen LogP contribution in [0.4, 0.5) is 5.69 Å². The maximum absolute atomic E-state index is 10.4. The molecule has 0 aliphatic rings. The van der Waals surface area contributed by atoms with Crippen LogP contribution in [0, 0.1) is 0 Å². The second-order valence-corrected chi connectivity index (χ2v) is 4.24. The monoisotopic (exact) mass is 251 g/mol. The van der Waals surface area contributed by atoms with E-state index < -0.39 is 11.1 Å². The van der Waals surface area contributed by atoms with Gasteiger partial charge in [0.1, 0.15) is 10.9 Å². The number of benzene rings is 1. The van der Waals surface area contributed by atoms with Crippen LogP contribution in [0.1, 0.15) is 0 Å². The Morgan fingerprint density at radius 1 is 1.57 bits per heavy atom. The minimum absolute atomic E-state index is 0.0769. The topological polar surface area (TPSA) is 49.7 Å². The average Bonchev–Trinajstić information content (AvgIpc) is 2.01. The number of rotatable bonds is 3. The molecule has 0 aromatic heterocycles. The summed E-state index contributed by atoms with van der Waals surface area (Å²) < 4.78 is 18.9. The zero-order valence-corrected chi connectivity index (χ0v) is 9.31. The Hall–Kier alpha value is -0.420. The number of aliphatic imine (C=N–C) groups is 1. The lowest BCUT2D eigenvalue weighted by molar-refractivity contribution is 0.569. The molecule has 3 nitrogen and oxygen atoms in total. The molecule has 0 heterocycles. The summed E-state index contributed by atoms with van der Waals surface area (Å²) >= 11 is 9.36. The summed E-state index contributed by atoms with van der Waals surface area (Å²) in [5, 5.41) is 0.619. The summed E-state index contributed by atoms with van der Waals surface area (Å²) in [5.41, 5.74) is 0.563. The molecule has 6 heteroatoms. The molecule has 14 heavy (non-hydrogen) atoms. The Balaban J connectivity index is 2.80. The quantitative estimate of drug-likeness (QED) is 0.664. The standard InChI is InChI=1S/C8H7Cl2NO2S/c9-6-2-1-3-7(4-6)11-8(10)5-14(12)13/h1-4H,5H2,(H,12,13). The Morgan fingerprint density at radius 3 is 2.86 bits per heavy atom. The molecule has 0 radical (unpaired) electrons. The van der Waals surface area contributed by atoms with Crippen LogP contribution in [0.15, 0.2) is 29.3 Å². The third-order valence-electron chi connectivity index (χ3n) is 1.30. The molecular formula is C8H7Cl2NO2S. The van der Waals surface area contributed by atoms with Crippen molar-refractivity contribution in [1.29, 1.82) is 0 Å². The van der Waals surface area contributed by atoms with Gasteiger partial charge in [-0.25, -0.2) is 9.20 Å². The summed E-state index contributed by atoms with van der Waals surface area (Å²) in [6.07, 6.45) is 0. The third-order valence-corrected chi connectivity index (χ3v) is 2.43. The minimum atomic E-state index is -1.97. The van der Waals surface area contributed by atoms with Crippen LogP contribution in [0.2, 0.25) is 5.02 Å². The van der Waals surface area contributed by atoms with E-state index in [4.69, 9.17) is 27.8 Å². The molecule has 0 aliphatic carbocycles. The predicted octanol–water partition coefficient (Wildman–Crippen LogP) is 2.83. The van der Waals surface area contributed by atoms with E-state index in [0.717, 1.165) is 0 Å². The van der Waals surface area contributed by atoms with Crippen LogP contribution in [0.5, 0.6) is 0 Å². The second-order valence-electron chi connectivity index (χ2n) is 2.43. The van der Waals surface area contributed by atoms with Crippen LogP contribution in [-0.2, 0) is 11.1 Å². The lowest BCUT2D eigenvalue weighted by Gasteiger charge is -1.96. The first-order valence-corrected chi connectivity index (χ1v) is 5.67. The van der Waals surface area contributed by atoms with E-state index in [1.54, 1.807) is 24.3 Å². The van der Waals surface area contributed by atoms with Gasteiger partial charge in [-0.1, -0.05) is 29.3 Å². The molecule has 76 valence electrons. The second kappa shape index (κ2) is 5.46. The molecule has 0 aliphatic heterocycles. The molecule has 1 unspecified atom stereocenters. The van der Waals surface area contributed by atoms with Crippen molar-refractivity contribution in [3.05, 3.63) is 29.3 Å². The third kappa shape index (κ3) is 4.19. The summed E-state index contributed by atoms with van der Waals surface area (Å²) in [6, 6.07) is 6.75. The molecule has 0 saturated heterocycles. The molecular weight excluding hydrogens is 245 g/mol. The lowest BCUT2D eigenvalue weighted by atomic mass is 10.3. The van der Waals surface area contributed by atoms with Crippen LogP contribution in [0.25, 0.3) is 0 Å². The summed E-state index contributed by atoms with van der Waals surface area (Å²) in [5.74, 6) is -0.173. The van der Waals surface area contributed by atoms with Gasteiger partial charge in [0.05, 0.1) is 5.69 Å². The Labute approximate surface area is 94.0 Å². The Bertz CT molecular complexity index is 381. The van der Waals surface area contributed by atoms with Gasteiger partial charge in [0, 0.05) is 5.02 Å². The smallest absolute Gasteiger partial charge is 0.159 e. The van der Waals surface area contributed by atoms with Crippen molar-refractivity contribution in [3.63, 3.8) is 0 Å². The predicted molar refractivity (Wildman–Crippen MR) is 60.0 cm³/mol. The molecule has 0 amide bonds. The molecule has 0 fully saturated rings. The van der Waals surface area contributed by atoms with Crippen LogP contribution in [-0.4, -0.2) is 19.7 Å². The summed E-state index contributed by atoms with van der Waals surface area (Å²) in [4.78, 5) is 3.90. The number of hydrogen-bond acceptors (Lipinski definition) is 2. The van der Waals surface area contributed by atoms with Gasteiger partial charge in [0.25, 0.3) is 0 Å². The molecule has 1 aromatic carbocycles. The normalized spacial score (nSPS) is 14.1. The van der Waals surface area contributed by atoms with Crippen molar-refractivity contribution in [3.8, 4) is 0 Å². The average molecular weight is 252 g/mol. The van der Waals surface area contributed by atoms with Gasteiger partial charge in [-0.2, -0.15) is 0 Å². The van der Waals surface area contributed by atoms with Crippen LogP contribution in [0.3, 0.4) is 0 Å². The fourth-order valence-corrected chi connectivity index (χ4v) is 1.65. The number of hydrogen-bond donors (Lipinski definition) is 1. The van der Waals surface area contributed by atoms with Crippen molar-refractivity contribution < 1.29 is 8.76 Å². The number of halogens is 2. The van der Waals surface area contributed by atoms with Crippen molar-refractivity contribution in [2.24, 2.45) is 4.99 Å². The highest BCUT2D eigenvalue weighted by molar-refractivity contribution is 7.80. The van der Waals surface area contributed by atoms with Gasteiger partial charge in [-0.3, -0.25) is 0 Å². The molecule has 1 aromatic rings. The van der Waals surface area contributed by atoms with Gasteiger partial charge in [-0.05, 0) is 18.2 Å². The summed E-state index contributed by atoms with van der Waals surface area (Å²) in [7, 11) is 0. The Morgan fingerprint density at radius 2 is 2.29 bits per heavy atom. The van der Waals surface area contributed by atoms with E-state index in [1.807, 2.05) is 0 Å². The zero-order chi connectivity index (χ0) is 10.6. The molecule has 0 saturated carbocycles. The van der Waals surface area contributed by atoms with E-state index in [9.17, 15) is 4.21 Å². The van der Waals surface area contributed by atoms with Gasteiger partial charge < -0.3 is 4.55 Å². The van der Waals surface area contributed by atoms with E-state index in [0.29, 0.717) is 10.7 Å². The van der Waals surface area contributed by atoms with Gasteiger partial charge in [0.15, 0.2) is 11.1 Å². The first kappa shape index (κ1) is 11.7. The maximum atomic E-state index is 10.4. The van der Waals surface area contributed by atoms with Crippen molar-refractivity contribution >= 4 is 45.1 Å². The molecule has 0 bridgehead atoms. The van der Waals surface area contributed by atoms with Gasteiger partial charge in [0.2, 0.25) is 0 Å². The van der Waals surface area contributed by atoms with E-state index in [-0.39, 0.29) is 10.9 Å². The molecule has 0 spiro atoms. The Kier molecular flexibility index (Phi) is 4.54. The minimum Gasteiger partial charge on any atom is -0.306 e.